The first-order valence-corrected chi connectivity index (χ1v) is 5.93. The van der Waals surface area contributed by atoms with Crippen molar-refractivity contribution in [2.75, 3.05) is 0 Å². The van der Waals surface area contributed by atoms with Crippen molar-refractivity contribution in [3.63, 3.8) is 0 Å². The molecular formula is C15H16O3. The van der Waals surface area contributed by atoms with Gasteiger partial charge in [-0.1, -0.05) is 37.3 Å². The summed E-state index contributed by atoms with van der Waals surface area (Å²) in [5, 5.41) is 29.2. The Morgan fingerprint density at radius 3 is 2.00 bits per heavy atom. The molecule has 3 heteroatoms. The molecule has 2 aromatic rings. The number of rotatable bonds is 3. The molecule has 0 aliphatic rings. The van der Waals surface area contributed by atoms with Crippen LogP contribution in [0.15, 0.2) is 42.5 Å². The van der Waals surface area contributed by atoms with Crippen LogP contribution in [-0.4, -0.2) is 15.3 Å². The maximum absolute atomic E-state index is 9.92. The fourth-order valence-electron chi connectivity index (χ4n) is 2.26. The standard InChI is InChI=1S/C15H16O3/c1-2-12(10-6-4-3-5-7-10)15-13(17)8-11(16)9-14(15)18/h3-9,12,16-18H,2H2,1H3. The lowest BCUT2D eigenvalue weighted by Crippen LogP contribution is -2.00. The minimum absolute atomic E-state index is 0.0804. The lowest BCUT2D eigenvalue weighted by Gasteiger charge is -2.18. The molecule has 3 N–H and O–H groups in total. The van der Waals surface area contributed by atoms with Crippen molar-refractivity contribution in [3.05, 3.63) is 53.6 Å². The van der Waals surface area contributed by atoms with Gasteiger partial charge in [0, 0.05) is 23.6 Å². The molecule has 0 bridgehead atoms. The Balaban J connectivity index is 2.52. The topological polar surface area (TPSA) is 60.7 Å². The summed E-state index contributed by atoms with van der Waals surface area (Å²) in [6.07, 6.45) is 0.746. The summed E-state index contributed by atoms with van der Waals surface area (Å²) in [5.74, 6) is -0.394. The zero-order chi connectivity index (χ0) is 13.1. The highest BCUT2D eigenvalue weighted by Gasteiger charge is 2.20. The van der Waals surface area contributed by atoms with Gasteiger partial charge in [0.25, 0.3) is 0 Å². The van der Waals surface area contributed by atoms with E-state index in [4.69, 9.17) is 0 Å². The molecule has 0 radical (unpaired) electrons. The summed E-state index contributed by atoms with van der Waals surface area (Å²) < 4.78 is 0. The van der Waals surface area contributed by atoms with Gasteiger partial charge in [0.15, 0.2) is 0 Å². The molecule has 3 nitrogen and oxygen atoms in total. The van der Waals surface area contributed by atoms with Gasteiger partial charge < -0.3 is 15.3 Å². The van der Waals surface area contributed by atoms with Crippen LogP contribution in [0.2, 0.25) is 0 Å². The Labute approximate surface area is 106 Å². The highest BCUT2D eigenvalue weighted by molar-refractivity contribution is 5.53. The Kier molecular flexibility index (Phi) is 3.42. The van der Waals surface area contributed by atoms with Crippen molar-refractivity contribution in [2.45, 2.75) is 19.3 Å². The van der Waals surface area contributed by atoms with Crippen molar-refractivity contribution < 1.29 is 15.3 Å². The van der Waals surface area contributed by atoms with Crippen LogP contribution in [-0.2, 0) is 0 Å². The monoisotopic (exact) mass is 244 g/mol. The summed E-state index contributed by atoms with van der Waals surface area (Å²) in [5.41, 5.74) is 1.48. The van der Waals surface area contributed by atoms with Crippen molar-refractivity contribution in [1.82, 2.24) is 0 Å². The second kappa shape index (κ2) is 5.00. The number of hydrogen-bond donors (Lipinski definition) is 3. The Bertz CT molecular complexity index is 512. The third-order valence-corrected chi connectivity index (χ3v) is 3.08. The van der Waals surface area contributed by atoms with Crippen molar-refractivity contribution in [2.24, 2.45) is 0 Å². The molecule has 0 amide bonds. The molecule has 0 aliphatic heterocycles. The van der Waals surface area contributed by atoms with Gasteiger partial charge in [-0.15, -0.1) is 0 Å². The summed E-state index contributed by atoms with van der Waals surface area (Å²) in [7, 11) is 0. The van der Waals surface area contributed by atoms with Gasteiger partial charge in [-0.25, -0.2) is 0 Å². The fourth-order valence-corrected chi connectivity index (χ4v) is 2.26. The number of benzene rings is 2. The van der Waals surface area contributed by atoms with Crippen LogP contribution >= 0.6 is 0 Å². The normalized spacial score (nSPS) is 12.3. The number of aromatic hydroxyl groups is 3. The van der Waals surface area contributed by atoms with Gasteiger partial charge in [0.05, 0.1) is 0 Å². The van der Waals surface area contributed by atoms with Crippen LogP contribution in [0.1, 0.15) is 30.4 Å². The highest BCUT2D eigenvalue weighted by atomic mass is 16.3. The Morgan fingerprint density at radius 2 is 1.50 bits per heavy atom. The molecule has 94 valence electrons. The molecule has 0 saturated heterocycles. The summed E-state index contributed by atoms with van der Waals surface area (Å²) >= 11 is 0. The number of phenols is 3. The zero-order valence-electron chi connectivity index (χ0n) is 10.2. The van der Waals surface area contributed by atoms with E-state index >= 15 is 0 Å². The predicted molar refractivity (Wildman–Crippen MR) is 70.0 cm³/mol. The van der Waals surface area contributed by atoms with Crippen molar-refractivity contribution in [1.29, 1.82) is 0 Å². The molecule has 0 spiro atoms. The first-order chi connectivity index (χ1) is 8.63. The van der Waals surface area contributed by atoms with Gasteiger partial charge in [-0.2, -0.15) is 0 Å². The lowest BCUT2D eigenvalue weighted by molar-refractivity contribution is 0.414. The molecule has 0 heterocycles. The van der Waals surface area contributed by atoms with Crippen LogP contribution in [0.25, 0.3) is 0 Å². The summed E-state index contributed by atoms with van der Waals surface area (Å²) in [4.78, 5) is 0. The minimum atomic E-state index is -0.142. The summed E-state index contributed by atoms with van der Waals surface area (Å²) in [6, 6.07) is 12.2. The van der Waals surface area contributed by atoms with E-state index in [1.807, 2.05) is 37.3 Å². The van der Waals surface area contributed by atoms with E-state index < -0.39 is 0 Å². The average Bonchev–Trinajstić information content (AvgIpc) is 2.34. The Morgan fingerprint density at radius 1 is 0.944 bits per heavy atom. The number of hydrogen-bond acceptors (Lipinski definition) is 3. The molecule has 1 unspecified atom stereocenters. The molecular weight excluding hydrogens is 228 g/mol. The Hall–Kier alpha value is -2.16. The lowest BCUT2D eigenvalue weighted by atomic mass is 9.88. The van der Waals surface area contributed by atoms with E-state index in [9.17, 15) is 15.3 Å². The van der Waals surface area contributed by atoms with E-state index in [1.54, 1.807) is 0 Å². The largest absolute Gasteiger partial charge is 0.508 e. The van der Waals surface area contributed by atoms with Gasteiger partial charge in [-0.05, 0) is 12.0 Å². The molecule has 0 saturated carbocycles. The van der Waals surface area contributed by atoms with E-state index in [-0.39, 0.29) is 23.2 Å². The number of phenolic OH excluding ortho intramolecular Hbond substituents is 3. The van der Waals surface area contributed by atoms with Crippen molar-refractivity contribution in [3.8, 4) is 17.2 Å². The van der Waals surface area contributed by atoms with Crippen LogP contribution in [0.3, 0.4) is 0 Å². The second-order valence-electron chi connectivity index (χ2n) is 4.27. The molecule has 1 atom stereocenters. The third kappa shape index (κ3) is 2.25. The van der Waals surface area contributed by atoms with Crippen LogP contribution in [0.4, 0.5) is 0 Å². The third-order valence-electron chi connectivity index (χ3n) is 3.08. The summed E-state index contributed by atoms with van der Waals surface area (Å²) in [6.45, 7) is 1.99. The molecule has 18 heavy (non-hydrogen) atoms. The first-order valence-electron chi connectivity index (χ1n) is 5.93. The predicted octanol–water partition coefficient (Wildman–Crippen LogP) is 3.35. The molecule has 0 aromatic heterocycles. The fraction of sp³-hybridized carbons (Fsp3) is 0.200. The SMILES string of the molecule is CCC(c1ccccc1)c1c(O)cc(O)cc1O. The molecule has 2 rings (SSSR count). The van der Waals surface area contributed by atoms with Gasteiger partial charge in [0.1, 0.15) is 17.2 Å². The smallest absolute Gasteiger partial charge is 0.126 e. The quantitative estimate of drug-likeness (QED) is 0.776. The molecule has 0 aliphatic carbocycles. The van der Waals surface area contributed by atoms with E-state index in [2.05, 4.69) is 0 Å². The van der Waals surface area contributed by atoms with Gasteiger partial charge in [-0.3, -0.25) is 0 Å². The highest BCUT2D eigenvalue weighted by Crippen LogP contribution is 2.41. The van der Waals surface area contributed by atoms with E-state index in [0.29, 0.717) is 5.56 Å². The minimum Gasteiger partial charge on any atom is -0.508 e. The van der Waals surface area contributed by atoms with E-state index in [1.165, 1.54) is 12.1 Å². The first kappa shape index (κ1) is 12.3. The molecule has 2 aromatic carbocycles. The van der Waals surface area contributed by atoms with Gasteiger partial charge >= 0.3 is 0 Å². The van der Waals surface area contributed by atoms with Crippen molar-refractivity contribution >= 4 is 0 Å². The maximum Gasteiger partial charge on any atom is 0.126 e. The zero-order valence-corrected chi connectivity index (χ0v) is 10.2. The average molecular weight is 244 g/mol. The molecule has 0 fully saturated rings. The van der Waals surface area contributed by atoms with Gasteiger partial charge in [0.2, 0.25) is 0 Å². The van der Waals surface area contributed by atoms with Crippen LogP contribution in [0.5, 0.6) is 17.2 Å². The van der Waals surface area contributed by atoms with E-state index in [0.717, 1.165) is 12.0 Å². The maximum atomic E-state index is 9.92. The second-order valence-corrected chi connectivity index (χ2v) is 4.27. The van der Waals surface area contributed by atoms with Crippen LogP contribution in [0, 0.1) is 0 Å². The van der Waals surface area contributed by atoms with Crippen LogP contribution < -0.4 is 0 Å².